The van der Waals surface area contributed by atoms with Gasteiger partial charge in [0.1, 0.15) is 11.9 Å². The van der Waals surface area contributed by atoms with Crippen LogP contribution < -0.4 is 0 Å². The van der Waals surface area contributed by atoms with Crippen LogP contribution in [0.4, 0.5) is 4.79 Å². The van der Waals surface area contributed by atoms with Gasteiger partial charge in [0.15, 0.2) is 0 Å². The number of ether oxygens (including phenoxy) is 2. The van der Waals surface area contributed by atoms with Crippen LogP contribution in [0.5, 0.6) is 0 Å². The highest BCUT2D eigenvalue weighted by atomic mass is 16.7. The Hall–Kier alpha value is -2.03. The number of hydrogen-bond donors (Lipinski definition) is 0. The van der Waals surface area contributed by atoms with Gasteiger partial charge in [0.2, 0.25) is 0 Å². The molecule has 0 aromatic heterocycles. The maximum absolute atomic E-state index is 11.7. The second-order valence-corrected chi connectivity index (χ2v) is 4.39. The first-order chi connectivity index (χ1) is 9.29. The van der Waals surface area contributed by atoms with Crippen LogP contribution in [0.15, 0.2) is 48.6 Å². The van der Waals surface area contributed by atoms with Crippen molar-refractivity contribution in [2.24, 2.45) is 0 Å². The van der Waals surface area contributed by atoms with Crippen LogP contribution in [0.3, 0.4) is 0 Å². The SMILES string of the molecule is C/C=C(\OC(=O)OC1C=CCCC1)c1ccccc1. The van der Waals surface area contributed by atoms with Crippen molar-refractivity contribution in [3.05, 3.63) is 54.1 Å². The van der Waals surface area contributed by atoms with Crippen molar-refractivity contribution < 1.29 is 14.3 Å². The van der Waals surface area contributed by atoms with Gasteiger partial charge in [0, 0.05) is 5.56 Å². The molecule has 1 aliphatic carbocycles. The maximum atomic E-state index is 11.7. The first kappa shape index (κ1) is 13.4. The Morgan fingerprint density at radius 2 is 2.11 bits per heavy atom. The number of rotatable bonds is 3. The van der Waals surface area contributed by atoms with Gasteiger partial charge in [-0.2, -0.15) is 0 Å². The third-order valence-corrected chi connectivity index (χ3v) is 2.97. The Morgan fingerprint density at radius 3 is 2.74 bits per heavy atom. The minimum atomic E-state index is -0.645. The van der Waals surface area contributed by atoms with E-state index in [-0.39, 0.29) is 6.10 Å². The van der Waals surface area contributed by atoms with E-state index in [1.165, 1.54) is 0 Å². The van der Waals surface area contributed by atoms with E-state index in [1.807, 2.05) is 49.4 Å². The number of hydrogen-bond acceptors (Lipinski definition) is 3. The van der Waals surface area contributed by atoms with E-state index in [1.54, 1.807) is 6.08 Å². The molecule has 0 heterocycles. The van der Waals surface area contributed by atoms with Crippen molar-refractivity contribution >= 4 is 11.9 Å². The lowest BCUT2D eigenvalue weighted by molar-refractivity contribution is 0.0633. The van der Waals surface area contributed by atoms with Gasteiger partial charge in [0.25, 0.3) is 0 Å². The molecule has 0 amide bonds. The van der Waals surface area contributed by atoms with Gasteiger partial charge in [-0.3, -0.25) is 0 Å². The molecule has 0 aliphatic heterocycles. The first-order valence-electron chi connectivity index (χ1n) is 6.56. The highest BCUT2D eigenvalue weighted by Gasteiger charge is 2.16. The Labute approximate surface area is 113 Å². The van der Waals surface area contributed by atoms with Crippen molar-refractivity contribution in [2.45, 2.75) is 32.3 Å². The fourth-order valence-electron chi connectivity index (χ4n) is 2.00. The van der Waals surface area contributed by atoms with Crippen LogP contribution in [-0.4, -0.2) is 12.3 Å². The summed E-state index contributed by atoms with van der Waals surface area (Å²) >= 11 is 0. The summed E-state index contributed by atoms with van der Waals surface area (Å²) in [6, 6.07) is 9.50. The molecule has 0 spiro atoms. The Morgan fingerprint density at radius 1 is 1.32 bits per heavy atom. The molecule has 2 rings (SSSR count). The molecule has 1 aromatic rings. The zero-order chi connectivity index (χ0) is 13.5. The molecule has 1 aromatic carbocycles. The van der Waals surface area contributed by atoms with Crippen LogP contribution in [0.1, 0.15) is 31.7 Å². The van der Waals surface area contributed by atoms with Crippen molar-refractivity contribution in [1.82, 2.24) is 0 Å². The van der Waals surface area contributed by atoms with Crippen LogP contribution in [-0.2, 0) is 9.47 Å². The van der Waals surface area contributed by atoms with E-state index in [4.69, 9.17) is 9.47 Å². The molecule has 0 saturated heterocycles. The predicted molar refractivity (Wildman–Crippen MR) is 74.4 cm³/mol. The van der Waals surface area contributed by atoms with Gasteiger partial charge >= 0.3 is 6.16 Å². The smallest absolute Gasteiger partial charge is 0.426 e. The minimum absolute atomic E-state index is 0.157. The fourth-order valence-corrected chi connectivity index (χ4v) is 2.00. The average Bonchev–Trinajstić information content (AvgIpc) is 2.47. The van der Waals surface area contributed by atoms with Crippen LogP contribution >= 0.6 is 0 Å². The predicted octanol–water partition coefficient (Wildman–Crippen LogP) is 4.31. The van der Waals surface area contributed by atoms with Gasteiger partial charge < -0.3 is 9.47 Å². The van der Waals surface area contributed by atoms with Crippen molar-refractivity contribution in [1.29, 1.82) is 0 Å². The summed E-state index contributed by atoms with van der Waals surface area (Å²) < 4.78 is 10.5. The third kappa shape index (κ3) is 3.98. The summed E-state index contributed by atoms with van der Waals surface area (Å²) in [5.74, 6) is 0.519. The Kier molecular flexibility index (Phi) is 4.78. The van der Waals surface area contributed by atoms with Gasteiger partial charge in [-0.05, 0) is 38.3 Å². The zero-order valence-electron chi connectivity index (χ0n) is 11.0. The molecule has 0 fully saturated rings. The Bertz CT molecular complexity index is 474. The van der Waals surface area contributed by atoms with Gasteiger partial charge in [-0.25, -0.2) is 4.79 Å². The first-order valence-corrected chi connectivity index (χ1v) is 6.56. The molecule has 3 nitrogen and oxygen atoms in total. The summed E-state index contributed by atoms with van der Waals surface area (Å²) in [6.45, 7) is 1.83. The number of carbonyl (C=O) groups excluding carboxylic acids is 1. The second kappa shape index (κ2) is 6.78. The number of allylic oxidation sites excluding steroid dienone is 2. The van der Waals surface area contributed by atoms with Crippen LogP contribution in [0, 0.1) is 0 Å². The number of carbonyl (C=O) groups is 1. The highest BCUT2D eigenvalue weighted by molar-refractivity contribution is 5.72. The van der Waals surface area contributed by atoms with E-state index >= 15 is 0 Å². The summed E-state index contributed by atoms with van der Waals surface area (Å²) in [4.78, 5) is 11.7. The van der Waals surface area contributed by atoms with Crippen molar-refractivity contribution in [3.63, 3.8) is 0 Å². The monoisotopic (exact) mass is 258 g/mol. The normalized spacial score (nSPS) is 19.0. The second-order valence-electron chi connectivity index (χ2n) is 4.39. The summed E-state index contributed by atoms with van der Waals surface area (Å²) in [6.07, 6.45) is 7.87. The molecular formula is C16H18O3. The van der Waals surface area contributed by atoms with Crippen molar-refractivity contribution in [2.75, 3.05) is 0 Å². The molecule has 1 aliphatic rings. The van der Waals surface area contributed by atoms with E-state index in [0.717, 1.165) is 24.8 Å². The lowest BCUT2D eigenvalue weighted by Gasteiger charge is -2.17. The van der Waals surface area contributed by atoms with E-state index in [0.29, 0.717) is 5.76 Å². The molecule has 0 N–H and O–H groups in total. The van der Waals surface area contributed by atoms with Crippen molar-refractivity contribution in [3.8, 4) is 0 Å². The summed E-state index contributed by atoms with van der Waals surface area (Å²) in [7, 11) is 0. The van der Waals surface area contributed by atoms with Crippen LogP contribution in [0.2, 0.25) is 0 Å². The highest BCUT2D eigenvalue weighted by Crippen LogP contribution is 2.18. The topological polar surface area (TPSA) is 35.5 Å². The Balaban J connectivity index is 1.94. The quantitative estimate of drug-likeness (QED) is 0.460. The molecule has 3 heteroatoms. The maximum Gasteiger partial charge on any atom is 0.514 e. The fraction of sp³-hybridized carbons (Fsp3) is 0.312. The molecule has 0 bridgehead atoms. The molecule has 100 valence electrons. The lowest BCUT2D eigenvalue weighted by Crippen LogP contribution is -2.18. The van der Waals surface area contributed by atoms with E-state index in [9.17, 15) is 4.79 Å². The average molecular weight is 258 g/mol. The van der Waals surface area contributed by atoms with E-state index < -0.39 is 6.16 Å². The largest absolute Gasteiger partial charge is 0.514 e. The van der Waals surface area contributed by atoms with E-state index in [2.05, 4.69) is 0 Å². The van der Waals surface area contributed by atoms with Gasteiger partial charge in [-0.15, -0.1) is 0 Å². The molecular weight excluding hydrogens is 240 g/mol. The van der Waals surface area contributed by atoms with Crippen LogP contribution in [0.25, 0.3) is 5.76 Å². The van der Waals surface area contributed by atoms with Gasteiger partial charge in [-0.1, -0.05) is 36.4 Å². The standard InChI is InChI=1S/C16H18O3/c1-2-15(13-9-5-3-6-10-13)19-16(17)18-14-11-7-4-8-12-14/h2-3,5-7,9-11,14H,4,8,12H2,1H3/b15-2-. The number of benzene rings is 1. The lowest BCUT2D eigenvalue weighted by atomic mass is 10.1. The summed E-state index contributed by atoms with van der Waals surface area (Å²) in [5.41, 5.74) is 0.862. The minimum Gasteiger partial charge on any atom is -0.426 e. The third-order valence-electron chi connectivity index (χ3n) is 2.97. The van der Waals surface area contributed by atoms with Gasteiger partial charge in [0.05, 0.1) is 0 Å². The molecule has 0 saturated carbocycles. The molecule has 19 heavy (non-hydrogen) atoms. The summed E-state index contributed by atoms with van der Waals surface area (Å²) in [5, 5.41) is 0. The zero-order valence-corrected chi connectivity index (χ0v) is 11.0. The molecule has 1 atom stereocenters. The molecule has 0 radical (unpaired) electrons. The molecule has 1 unspecified atom stereocenters.